The van der Waals surface area contributed by atoms with Gasteiger partial charge >= 0.3 is 0 Å². The van der Waals surface area contributed by atoms with E-state index in [0.29, 0.717) is 5.41 Å². The van der Waals surface area contributed by atoms with Gasteiger partial charge in [-0.3, -0.25) is 0 Å². The summed E-state index contributed by atoms with van der Waals surface area (Å²) in [6.07, 6.45) is 11.9. The Morgan fingerprint density at radius 1 is 1.00 bits per heavy atom. The predicted octanol–water partition coefficient (Wildman–Crippen LogP) is 4.56. The van der Waals surface area contributed by atoms with Gasteiger partial charge in [0.25, 0.3) is 0 Å². The third-order valence-corrected chi connectivity index (χ3v) is 7.82. The number of hydrogen-bond acceptors (Lipinski definition) is 1. The lowest BCUT2D eigenvalue weighted by Crippen LogP contribution is -2.46. The molecule has 4 rings (SSSR count). The maximum Gasteiger partial charge on any atom is 0.0543 e. The maximum atomic E-state index is 9.96. The van der Waals surface area contributed by atoms with Crippen LogP contribution in [0.25, 0.3) is 0 Å². The van der Waals surface area contributed by atoms with Crippen LogP contribution in [0.15, 0.2) is 12.2 Å². The summed E-state index contributed by atoms with van der Waals surface area (Å²) in [6.45, 7) is 6.92. The quantitative estimate of drug-likeness (QED) is 0.642. The van der Waals surface area contributed by atoms with E-state index in [0.717, 1.165) is 42.4 Å². The number of aliphatic hydroxyl groups excluding tert-OH is 1. The highest BCUT2D eigenvalue weighted by Crippen LogP contribution is 2.62. The minimum Gasteiger partial charge on any atom is -0.393 e. The van der Waals surface area contributed by atoms with Crippen molar-refractivity contribution in [3.8, 4) is 0 Å². The number of rotatable bonds is 0. The van der Waals surface area contributed by atoms with E-state index in [-0.39, 0.29) is 6.10 Å². The Bertz CT molecular complexity index is 414. The smallest absolute Gasteiger partial charge is 0.0543 e. The summed E-state index contributed by atoms with van der Waals surface area (Å²) in [5.41, 5.74) is 2.03. The molecule has 0 saturated heterocycles. The van der Waals surface area contributed by atoms with Gasteiger partial charge in [0.1, 0.15) is 0 Å². The van der Waals surface area contributed by atoms with Crippen LogP contribution in [0.5, 0.6) is 0 Å². The summed E-state index contributed by atoms with van der Waals surface area (Å²) in [5, 5.41) is 9.96. The minimum absolute atomic E-state index is 0.00733. The van der Waals surface area contributed by atoms with E-state index in [2.05, 4.69) is 13.5 Å². The molecular weight excluding hydrogens is 244 g/mol. The van der Waals surface area contributed by atoms with Gasteiger partial charge in [-0.15, -0.1) is 0 Å². The molecule has 0 aromatic carbocycles. The van der Waals surface area contributed by atoms with Crippen molar-refractivity contribution in [2.45, 2.75) is 70.8 Å². The summed E-state index contributed by atoms with van der Waals surface area (Å²) >= 11 is 0. The Morgan fingerprint density at radius 3 is 2.65 bits per heavy atom. The highest BCUT2D eigenvalue weighted by molar-refractivity contribution is 5.20. The van der Waals surface area contributed by atoms with Gasteiger partial charge in [-0.1, -0.05) is 19.1 Å². The Hall–Kier alpha value is -0.300. The SMILES string of the molecule is C=C1CC[C@@H]2C[C@H]3[C@@H](CC[C@@H]4C[C@H](O)CC[C@@H]43)C[C@@]12C. The van der Waals surface area contributed by atoms with Crippen LogP contribution in [-0.2, 0) is 0 Å². The highest BCUT2D eigenvalue weighted by atomic mass is 16.3. The summed E-state index contributed by atoms with van der Waals surface area (Å²) in [5.74, 6) is 4.64. The molecule has 0 aromatic rings. The normalized spacial score (nSPS) is 55.0. The third kappa shape index (κ3) is 1.85. The van der Waals surface area contributed by atoms with Crippen LogP contribution in [0.2, 0.25) is 0 Å². The molecule has 0 heterocycles. The molecule has 4 aliphatic rings. The van der Waals surface area contributed by atoms with Crippen LogP contribution in [0.3, 0.4) is 0 Å². The van der Waals surface area contributed by atoms with E-state index in [1.807, 2.05) is 0 Å². The molecule has 0 aromatic heterocycles. The molecule has 1 heteroatoms. The molecule has 1 N–H and O–H groups in total. The highest BCUT2D eigenvalue weighted by Gasteiger charge is 2.53. The molecule has 0 aliphatic heterocycles. The average molecular weight is 274 g/mol. The van der Waals surface area contributed by atoms with Crippen molar-refractivity contribution in [2.75, 3.05) is 0 Å². The largest absolute Gasteiger partial charge is 0.393 e. The minimum atomic E-state index is 0.00733. The first-order valence-corrected chi connectivity index (χ1v) is 8.94. The molecule has 4 saturated carbocycles. The summed E-state index contributed by atoms with van der Waals surface area (Å²) in [7, 11) is 0. The molecule has 0 unspecified atom stereocenters. The summed E-state index contributed by atoms with van der Waals surface area (Å²) < 4.78 is 0. The number of aliphatic hydroxyl groups is 1. The fraction of sp³-hybridized carbons (Fsp3) is 0.895. The van der Waals surface area contributed by atoms with E-state index in [4.69, 9.17) is 0 Å². The zero-order valence-electron chi connectivity index (χ0n) is 13.0. The van der Waals surface area contributed by atoms with E-state index in [1.165, 1.54) is 44.9 Å². The second-order valence-corrected chi connectivity index (χ2v) is 8.59. The number of allylic oxidation sites excluding steroid dienone is 1. The van der Waals surface area contributed by atoms with Crippen LogP contribution in [-0.4, -0.2) is 11.2 Å². The third-order valence-electron chi connectivity index (χ3n) is 7.82. The Kier molecular flexibility index (Phi) is 3.07. The molecule has 112 valence electrons. The summed E-state index contributed by atoms with van der Waals surface area (Å²) in [6, 6.07) is 0. The molecule has 0 bridgehead atoms. The van der Waals surface area contributed by atoms with Crippen molar-refractivity contribution < 1.29 is 5.11 Å². The van der Waals surface area contributed by atoms with Crippen LogP contribution < -0.4 is 0 Å². The van der Waals surface area contributed by atoms with E-state index >= 15 is 0 Å². The fourth-order valence-electron chi connectivity index (χ4n) is 6.57. The van der Waals surface area contributed by atoms with Crippen LogP contribution in [0.1, 0.15) is 64.7 Å². The second-order valence-electron chi connectivity index (χ2n) is 8.59. The van der Waals surface area contributed by atoms with Crippen molar-refractivity contribution in [2.24, 2.45) is 35.0 Å². The standard InChI is InChI=1S/C19H30O/c1-12-3-6-15-10-18-14(11-19(12,15)2)5-4-13-9-16(20)7-8-17(13)18/h13-18,20H,1,3-11H2,2H3/t13-,14+,15-,16-,17+,18+,19+/m1/s1. The zero-order chi connectivity index (χ0) is 13.9. The van der Waals surface area contributed by atoms with Gasteiger partial charge in [0.05, 0.1) is 6.10 Å². The second kappa shape index (κ2) is 4.60. The predicted molar refractivity (Wildman–Crippen MR) is 82.3 cm³/mol. The molecule has 4 fully saturated rings. The van der Waals surface area contributed by atoms with Crippen molar-refractivity contribution in [3.05, 3.63) is 12.2 Å². The Morgan fingerprint density at radius 2 is 1.80 bits per heavy atom. The molecule has 0 radical (unpaired) electrons. The lowest BCUT2D eigenvalue weighted by Gasteiger charge is -2.54. The van der Waals surface area contributed by atoms with Crippen LogP contribution in [0.4, 0.5) is 0 Å². The molecule has 20 heavy (non-hydrogen) atoms. The lowest BCUT2D eigenvalue weighted by atomic mass is 9.51. The first-order valence-electron chi connectivity index (χ1n) is 8.94. The molecule has 0 amide bonds. The van der Waals surface area contributed by atoms with Crippen molar-refractivity contribution in [3.63, 3.8) is 0 Å². The van der Waals surface area contributed by atoms with Gasteiger partial charge in [-0.25, -0.2) is 0 Å². The number of hydrogen-bond donors (Lipinski definition) is 1. The van der Waals surface area contributed by atoms with Crippen molar-refractivity contribution in [1.82, 2.24) is 0 Å². The Labute approximate surface area is 123 Å². The molecule has 4 aliphatic carbocycles. The van der Waals surface area contributed by atoms with Gasteiger partial charge in [0.2, 0.25) is 0 Å². The van der Waals surface area contributed by atoms with E-state index < -0.39 is 0 Å². The average Bonchev–Trinajstić information content (AvgIpc) is 2.71. The lowest BCUT2D eigenvalue weighted by molar-refractivity contribution is -0.0507. The molecule has 7 atom stereocenters. The van der Waals surface area contributed by atoms with E-state index in [1.54, 1.807) is 5.57 Å². The topological polar surface area (TPSA) is 20.2 Å². The summed E-state index contributed by atoms with van der Waals surface area (Å²) in [4.78, 5) is 0. The Balaban J connectivity index is 1.56. The number of fused-ring (bicyclic) bond motifs is 4. The monoisotopic (exact) mass is 274 g/mol. The van der Waals surface area contributed by atoms with Gasteiger partial charge < -0.3 is 5.11 Å². The maximum absolute atomic E-state index is 9.96. The van der Waals surface area contributed by atoms with Crippen molar-refractivity contribution >= 4 is 0 Å². The first-order chi connectivity index (χ1) is 9.58. The molecule has 1 nitrogen and oxygen atoms in total. The van der Waals surface area contributed by atoms with Gasteiger partial charge in [0.15, 0.2) is 0 Å². The molecule has 0 spiro atoms. The molecular formula is C19H30O. The fourth-order valence-corrected chi connectivity index (χ4v) is 6.57. The van der Waals surface area contributed by atoms with E-state index in [9.17, 15) is 5.11 Å². The van der Waals surface area contributed by atoms with Gasteiger partial charge in [-0.2, -0.15) is 0 Å². The van der Waals surface area contributed by atoms with Crippen LogP contribution >= 0.6 is 0 Å². The van der Waals surface area contributed by atoms with Crippen LogP contribution in [0, 0.1) is 35.0 Å². The van der Waals surface area contributed by atoms with Gasteiger partial charge in [0, 0.05) is 0 Å². The first kappa shape index (κ1) is 13.4. The van der Waals surface area contributed by atoms with Gasteiger partial charge in [-0.05, 0) is 92.8 Å². The van der Waals surface area contributed by atoms with Crippen molar-refractivity contribution in [1.29, 1.82) is 0 Å². The zero-order valence-corrected chi connectivity index (χ0v) is 13.0.